The molecule has 0 saturated heterocycles. The van der Waals surface area contributed by atoms with E-state index in [9.17, 15) is 5.11 Å². The molecular formula is C14H14ClNOS. The van der Waals surface area contributed by atoms with Crippen LogP contribution in [0.5, 0.6) is 0 Å². The molecule has 0 fully saturated rings. The number of rotatable bonds is 4. The van der Waals surface area contributed by atoms with Gasteiger partial charge in [0.15, 0.2) is 0 Å². The number of hydrogen-bond donors (Lipinski definition) is 1. The Kier molecular flexibility index (Phi) is 4.64. The molecule has 0 aliphatic carbocycles. The van der Waals surface area contributed by atoms with Crippen LogP contribution in [0.4, 0.5) is 0 Å². The van der Waals surface area contributed by atoms with Gasteiger partial charge in [-0.2, -0.15) is 0 Å². The maximum absolute atomic E-state index is 10.1. The van der Waals surface area contributed by atoms with E-state index in [1.807, 2.05) is 49.4 Å². The van der Waals surface area contributed by atoms with E-state index in [1.165, 1.54) is 0 Å². The molecule has 0 amide bonds. The molecule has 1 atom stereocenters. The van der Waals surface area contributed by atoms with Crippen LogP contribution in [0.3, 0.4) is 0 Å². The first-order valence-corrected chi connectivity index (χ1v) is 7.01. The molecule has 18 heavy (non-hydrogen) atoms. The Hall–Kier alpha value is -1.03. The van der Waals surface area contributed by atoms with Crippen molar-refractivity contribution in [3.63, 3.8) is 0 Å². The van der Waals surface area contributed by atoms with Gasteiger partial charge in [-0.1, -0.05) is 23.7 Å². The van der Waals surface area contributed by atoms with Crippen LogP contribution in [-0.2, 0) is 0 Å². The van der Waals surface area contributed by atoms with Gasteiger partial charge < -0.3 is 5.11 Å². The smallest absolute Gasteiger partial charge is 0.105 e. The Morgan fingerprint density at radius 1 is 1.28 bits per heavy atom. The monoisotopic (exact) mass is 279 g/mol. The number of aliphatic hydroxyl groups is 1. The average Bonchev–Trinajstić information content (AvgIpc) is 2.36. The van der Waals surface area contributed by atoms with Gasteiger partial charge in [0.05, 0.1) is 5.69 Å². The third-order valence-electron chi connectivity index (χ3n) is 2.46. The van der Waals surface area contributed by atoms with Gasteiger partial charge in [-0.15, -0.1) is 11.8 Å². The summed E-state index contributed by atoms with van der Waals surface area (Å²) < 4.78 is 0. The number of aromatic nitrogens is 1. The fraction of sp³-hybridized carbons (Fsp3) is 0.214. The molecule has 0 saturated carbocycles. The standard InChI is InChI=1S/C14H14ClNOS/c1-10-4-2-7-13(16-10)14(17)9-18-12-6-3-5-11(15)8-12/h2-8,14,17H,9H2,1H3. The third kappa shape index (κ3) is 3.73. The van der Waals surface area contributed by atoms with E-state index < -0.39 is 6.10 Å². The zero-order valence-corrected chi connectivity index (χ0v) is 11.6. The second-order valence-electron chi connectivity index (χ2n) is 3.99. The first-order chi connectivity index (χ1) is 8.65. The molecule has 1 aromatic heterocycles. The van der Waals surface area contributed by atoms with E-state index in [1.54, 1.807) is 11.8 Å². The van der Waals surface area contributed by atoms with Crippen LogP contribution < -0.4 is 0 Å². The van der Waals surface area contributed by atoms with Gasteiger partial charge in [-0.3, -0.25) is 4.98 Å². The zero-order chi connectivity index (χ0) is 13.0. The fourth-order valence-electron chi connectivity index (χ4n) is 1.57. The van der Waals surface area contributed by atoms with E-state index in [-0.39, 0.29) is 0 Å². The Morgan fingerprint density at radius 2 is 2.06 bits per heavy atom. The number of thioether (sulfide) groups is 1. The van der Waals surface area contributed by atoms with Crippen molar-refractivity contribution in [1.29, 1.82) is 0 Å². The topological polar surface area (TPSA) is 33.1 Å². The molecule has 4 heteroatoms. The van der Waals surface area contributed by atoms with Crippen LogP contribution >= 0.6 is 23.4 Å². The van der Waals surface area contributed by atoms with Gasteiger partial charge in [0.2, 0.25) is 0 Å². The number of nitrogens with zero attached hydrogens (tertiary/aromatic N) is 1. The number of pyridine rings is 1. The normalized spacial score (nSPS) is 12.4. The van der Waals surface area contributed by atoms with Crippen LogP contribution in [0.15, 0.2) is 47.4 Å². The Morgan fingerprint density at radius 3 is 2.78 bits per heavy atom. The van der Waals surface area contributed by atoms with Gasteiger partial charge in [0.25, 0.3) is 0 Å². The van der Waals surface area contributed by atoms with Crippen molar-refractivity contribution in [2.75, 3.05) is 5.75 Å². The molecule has 0 radical (unpaired) electrons. The Bertz CT molecular complexity index is 533. The summed E-state index contributed by atoms with van der Waals surface area (Å²) in [7, 11) is 0. The molecule has 0 aliphatic heterocycles. The summed E-state index contributed by atoms with van der Waals surface area (Å²) in [4.78, 5) is 5.36. The van der Waals surface area contributed by atoms with Crippen LogP contribution in [0, 0.1) is 6.92 Å². The van der Waals surface area contributed by atoms with Gasteiger partial charge in [0.1, 0.15) is 6.10 Å². The predicted octanol–water partition coefficient (Wildman–Crippen LogP) is 3.87. The molecule has 1 N–H and O–H groups in total. The van der Waals surface area contributed by atoms with Gasteiger partial charge in [0, 0.05) is 21.4 Å². The molecule has 2 aromatic rings. The molecule has 0 aliphatic rings. The maximum Gasteiger partial charge on any atom is 0.105 e. The van der Waals surface area contributed by atoms with Crippen molar-refractivity contribution in [3.05, 3.63) is 58.9 Å². The zero-order valence-electron chi connectivity index (χ0n) is 10.0. The highest BCUT2D eigenvalue weighted by molar-refractivity contribution is 7.99. The Labute approximate surface area is 116 Å². The first kappa shape index (κ1) is 13.4. The molecule has 2 nitrogen and oxygen atoms in total. The van der Waals surface area contributed by atoms with Crippen molar-refractivity contribution in [3.8, 4) is 0 Å². The molecule has 2 rings (SSSR count). The highest BCUT2D eigenvalue weighted by atomic mass is 35.5. The molecule has 0 spiro atoms. The number of hydrogen-bond acceptors (Lipinski definition) is 3. The van der Waals surface area contributed by atoms with E-state index >= 15 is 0 Å². The molecule has 1 aromatic carbocycles. The number of aliphatic hydroxyl groups excluding tert-OH is 1. The fourth-order valence-corrected chi connectivity index (χ4v) is 2.73. The largest absolute Gasteiger partial charge is 0.386 e. The SMILES string of the molecule is Cc1cccc(C(O)CSc2cccc(Cl)c2)n1. The quantitative estimate of drug-likeness (QED) is 0.863. The lowest BCUT2D eigenvalue weighted by Crippen LogP contribution is -2.03. The average molecular weight is 280 g/mol. The lowest BCUT2D eigenvalue weighted by Gasteiger charge is -2.10. The maximum atomic E-state index is 10.1. The minimum absolute atomic E-state index is 0.561. The second kappa shape index (κ2) is 6.23. The number of benzene rings is 1. The summed E-state index contributed by atoms with van der Waals surface area (Å²) in [6.07, 6.45) is -0.561. The van der Waals surface area contributed by atoms with Crippen LogP contribution in [0.2, 0.25) is 5.02 Å². The third-order valence-corrected chi connectivity index (χ3v) is 3.76. The van der Waals surface area contributed by atoms with E-state index in [0.29, 0.717) is 16.5 Å². The molecule has 0 bridgehead atoms. The van der Waals surface area contributed by atoms with Crippen LogP contribution in [0.25, 0.3) is 0 Å². The van der Waals surface area contributed by atoms with Crippen LogP contribution in [-0.4, -0.2) is 15.8 Å². The summed E-state index contributed by atoms with van der Waals surface area (Å²) in [5, 5.41) is 10.8. The van der Waals surface area contributed by atoms with Gasteiger partial charge in [-0.25, -0.2) is 0 Å². The van der Waals surface area contributed by atoms with Crippen molar-refractivity contribution < 1.29 is 5.11 Å². The summed E-state index contributed by atoms with van der Waals surface area (Å²) in [6, 6.07) is 13.3. The summed E-state index contributed by atoms with van der Waals surface area (Å²) >= 11 is 7.48. The van der Waals surface area contributed by atoms with E-state index in [4.69, 9.17) is 11.6 Å². The molecule has 1 unspecified atom stereocenters. The van der Waals surface area contributed by atoms with E-state index in [2.05, 4.69) is 4.98 Å². The Balaban J connectivity index is 1.98. The molecular weight excluding hydrogens is 266 g/mol. The van der Waals surface area contributed by atoms with Gasteiger partial charge in [-0.05, 0) is 37.3 Å². The minimum Gasteiger partial charge on any atom is -0.386 e. The molecule has 1 heterocycles. The second-order valence-corrected chi connectivity index (χ2v) is 5.52. The van der Waals surface area contributed by atoms with Crippen molar-refractivity contribution in [2.24, 2.45) is 0 Å². The lowest BCUT2D eigenvalue weighted by atomic mass is 10.2. The molecule has 94 valence electrons. The summed E-state index contributed by atoms with van der Waals surface area (Å²) in [6.45, 7) is 1.92. The number of aryl methyl sites for hydroxylation is 1. The number of halogens is 1. The predicted molar refractivity (Wildman–Crippen MR) is 76.1 cm³/mol. The van der Waals surface area contributed by atoms with E-state index in [0.717, 1.165) is 10.6 Å². The first-order valence-electron chi connectivity index (χ1n) is 5.65. The summed E-state index contributed by atoms with van der Waals surface area (Å²) in [5.41, 5.74) is 1.63. The van der Waals surface area contributed by atoms with Crippen molar-refractivity contribution in [1.82, 2.24) is 4.98 Å². The lowest BCUT2D eigenvalue weighted by molar-refractivity contribution is 0.199. The van der Waals surface area contributed by atoms with Gasteiger partial charge >= 0.3 is 0 Å². The van der Waals surface area contributed by atoms with Crippen LogP contribution in [0.1, 0.15) is 17.5 Å². The van der Waals surface area contributed by atoms with Crippen molar-refractivity contribution in [2.45, 2.75) is 17.9 Å². The highest BCUT2D eigenvalue weighted by Crippen LogP contribution is 2.25. The summed E-state index contributed by atoms with van der Waals surface area (Å²) in [5.74, 6) is 0.566. The minimum atomic E-state index is -0.561. The highest BCUT2D eigenvalue weighted by Gasteiger charge is 2.09. The van der Waals surface area contributed by atoms with Crippen molar-refractivity contribution >= 4 is 23.4 Å².